The summed E-state index contributed by atoms with van der Waals surface area (Å²) in [6.45, 7) is 0. The molecule has 0 aliphatic carbocycles. The number of hydrogen-bond acceptors (Lipinski definition) is 6. The first-order chi connectivity index (χ1) is 12.5. The summed E-state index contributed by atoms with van der Waals surface area (Å²) < 4.78 is 0. The van der Waals surface area contributed by atoms with E-state index < -0.39 is 23.8 Å². The highest BCUT2D eigenvalue weighted by Crippen LogP contribution is 2.11. The van der Waals surface area contributed by atoms with Crippen LogP contribution < -0.4 is 27.8 Å². The third-order valence-electron chi connectivity index (χ3n) is 3.10. The Morgan fingerprint density at radius 3 is 2.23 bits per heavy atom. The van der Waals surface area contributed by atoms with E-state index in [0.29, 0.717) is 5.52 Å². The Morgan fingerprint density at radius 2 is 1.65 bits per heavy atom. The van der Waals surface area contributed by atoms with Gasteiger partial charge in [-0.05, 0) is 26.2 Å². The number of carbonyl (C=O) groups excluding carboxylic acids is 3. The predicted octanol–water partition coefficient (Wildman–Crippen LogP) is -0.896. The van der Waals surface area contributed by atoms with E-state index in [1.54, 1.807) is 18.2 Å². The summed E-state index contributed by atoms with van der Waals surface area (Å²) in [6, 6.07) is 9.65. The zero-order valence-electron chi connectivity index (χ0n) is 15.2. The molecule has 0 fully saturated rings. The second-order valence-corrected chi connectivity index (χ2v) is 4.70. The van der Waals surface area contributed by atoms with Crippen LogP contribution in [0.4, 0.5) is 0 Å². The number of likely N-dealkylation sites (N-methyl/N-ethyl adjacent to an activating group) is 1. The number of nitrogens with two attached hydrogens (primary N) is 3. The number of pyridine rings is 1. The normalized spacial score (nSPS) is 10.3. The number of primary amides is 1. The molecular weight excluding hydrogens is 336 g/mol. The fourth-order valence-corrected chi connectivity index (χ4v) is 2.01. The summed E-state index contributed by atoms with van der Waals surface area (Å²) in [7, 11) is 4.41. The Balaban J connectivity index is 0.00000146. The Bertz CT molecular complexity index is 735. The maximum absolute atomic E-state index is 12.2. The summed E-state index contributed by atoms with van der Waals surface area (Å²) in [5.74, 6) is -1.71. The minimum Gasteiger partial charge on any atom is -0.370 e. The lowest BCUT2D eigenvalue weighted by molar-refractivity contribution is -0.126. The van der Waals surface area contributed by atoms with Crippen molar-refractivity contribution >= 4 is 28.6 Å². The molecule has 0 aliphatic rings. The molecule has 1 atom stereocenters. The molecule has 1 aromatic heterocycles. The van der Waals surface area contributed by atoms with Gasteiger partial charge in [0.15, 0.2) is 0 Å². The number of hydrogen-bond donors (Lipinski definition) is 5. The quantitative estimate of drug-likeness (QED) is 0.462. The van der Waals surface area contributed by atoms with E-state index in [9.17, 15) is 14.4 Å². The lowest BCUT2D eigenvalue weighted by Crippen LogP contribution is -2.47. The smallest absolute Gasteiger partial charge is 0.270 e. The minimum absolute atomic E-state index is 0.164. The first-order valence-electron chi connectivity index (χ1n) is 7.83. The van der Waals surface area contributed by atoms with Crippen molar-refractivity contribution in [3.63, 3.8) is 0 Å². The van der Waals surface area contributed by atoms with Gasteiger partial charge < -0.3 is 27.8 Å². The Hall–Kier alpha value is -3.04. The fraction of sp³-hybridized carbons (Fsp3) is 0.294. The summed E-state index contributed by atoms with van der Waals surface area (Å²) >= 11 is 0. The third-order valence-corrected chi connectivity index (χ3v) is 3.10. The van der Waals surface area contributed by atoms with Gasteiger partial charge in [0, 0.05) is 12.4 Å². The van der Waals surface area contributed by atoms with Gasteiger partial charge in [-0.3, -0.25) is 14.4 Å². The van der Waals surface area contributed by atoms with Crippen molar-refractivity contribution in [2.45, 2.75) is 12.5 Å². The van der Waals surface area contributed by atoms with Crippen LogP contribution in [0.2, 0.25) is 0 Å². The van der Waals surface area contributed by atoms with Crippen LogP contribution in [0.15, 0.2) is 36.4 Å². The molecule has 0 saturated carbocycles. The van der Waals surface area contributed by atoms with E-state index in [2.05, 4.69) is 27.1 Å². The van der Waals surface area contributed by atoms with E-state index >= 15 is 0 Å². The molecule has 1 heterocycles. The van der Waals surface area contributed by atoms with Gasteiger partial charge in [-0.2, -0.15) is 0 Å². The van der Waals surface area contributed by atoms with Crippen LogP contribution in [0.1, 0.15) is 16.9 Å². The molecule has 26 heavy (non-hydrogen) atoms. The second kappa shape index (κ2) is 12.3. The number of nitrogens with zero attached hydrogens (tertiary/aromatic N) is 1. The number of aromatic nitrogens is 1. The predicted molar refractivity (Wildman–Crippen MR) is 101 cm³/mol. The number of carbonyl (C=O) groups is 3. The number of benzene rings is 1. The van der Waals surface area contributed by atoms with Crippen LogP contribution >= 0.6 is 0 Å². The number of rotatable bonds is 5. The number of fused-ring (bicyclic) bond motifs is 1. The highest BCUT2D eigenvalue weighted by molar-refractivity contribution is 5.98. The highest BCUT2D eigenvalue weighted by Gasteiger charge is 2.23. The highest BCUT2D eigenvalue weighted by atomic mass is 16.2. The molecule has 0 saturated heterocycles. The average Bonchev–Trinajstić information content (AvgIpc) is 2.69. The van der Waals surface area contributed by atoms with Crippen LogP contribution in [0.25, 0.3) is 10.9 Å². The monoisotopic (exact) mass is 362 g/mol. The summed E-state index contributed by atoms with van der Waals surface area (Å²) in [4.78, 5) is 39.1. The van der Waals surface area contributed by atoms with Gasteiger partial charge in [-0.1, -0.05) is 24.3 Å². The number of nitrogens with one attached hydrogen (secondary N) is 2. The average molecular weight is 362 g/mol. The van der Waals surface area contributed by atoms with Gasteiger partial charge in [0.2, 0.25) is 11.8 Å². The van der Waals surface area contributed by atoms with Gasteiger partial charge in [0.05, 0.1) is 11.9 Å². The first-order valence-corrected chi connectivity index (χ1v) is 7.83. The lowest BCUT2D eigenvalue weighted by atomic mass is 10.1. The molecule has 2 rings (SSSR count). The molecule has 2 aromatic rings. The standard InChI is InChI=1S/C15H16N4O3.2CH5N/c1-17-14(21)12(8-13(16)20)19-15(22)11-7-6-9-4-2-3-5-10(9)18-11;2*1-2/h2-7,12H,8H2,1H3,(H2,16,20)(H,17,21)(H,19,22);2*2H2,1H3/t12-;;/m0../s1. The molecule has 0 bridgehead atoms. The molecule has 9 heteroatoms. The van der Waals surface area contributed by atoms with Crippen molar-refractivity contribution in [1.82, 2.24) is 15.6 Å². The molecular formula is C17H26N6O3. The first kappa shape index (κ1) is 23.0. The van der Waals surface area contributed by atoms with Crippen molar-refractivity contribution in [1.29, 1.82) is 0 Å². The largest absolute Gasteiger partial charge is 0.370 e. The lowest BCUT2D eigenvalue weighted by Gasteiger charge is -2.15. The molecule has 0 radical (unpaired) electrons. The topological polar surface area (TPSA) is 166 Å². The van der Waals surface area contributed by atoms with Crippen LogP contribution in [0.5, 0.6) is 0 Å². The van der Waals surface area contributed by atoms with Crippen molar-refractivity contribution < 1.29 is 14.4 Å². The van der Waals surface area contributed by atoms with Crippen LogP contribution in [-0.2, 0) is 9.59 Å². The summed E-state index contributed by atoms with van der Waals surface area (Å²) in [5, 5.41) is 5.74. The van der Waals surface area contributed by atoms with Gasteiger partial charge in [-0.25, -0.2) is 4.98 Å². The zero-order valence-corrected chi connectivity index (χ0v) is 15.2. The van der Waals surface area contributed by atoms with Crippen molar-refractivity contribution in [2.75, 3.05) is 21.1 Å². The third kappa shape index (κ3) is 6.83. The maximum Gasteiger partial charge on any atom is 0.270 e. The van der Waals surface area contributed by atoms with E-state index in [0.717, 1.165) is 5.39 Å². The number of amides is 3. The second-order valence-electron chi connectivity index (χ2n) is 4.70. The molecule has 8 N–H and O–H groups in total. The maximum atomic E-state index is 12.2. The molecule has 0 unspecified atom stereocenters. The summed E-state index contributed by atoms with van der Waals surface area (Å²) in [6.07, 6.45) is -0.279. The molecule has 3 amide bonds. The van der Waals surface area contributed by atoms with Crippen molar-refractivity contribution in [3.8, 4) is 0 Å². The van der Waals surface area contributed by atoms with E-state index in [-0.39, 0.29) is 12.1 Å². The Morgan fingerprint density at radius 1 is 1.04 bits per heavy atom. The van der Waals surface area contributed by atoms with E-state index in [1.807, 2.05) is 18.2 Å². The molecule has 0 aliphatic heterocycles. The Kier molecular flexibility index (Phi) is 10.9. The van der Waals surface area contributed by atoms with Gasteiger partial charge in [0.25, 0.3) is 5.91 Å². The minimum atomic E-state index is -1.02. The van der Waals surface area contributed by atoms with E-state index in [1.165, 1.54) is 21.1 Å². The van der Waals surface area contributed by atoms with Gasteiger partial charge in [-0.15, -0.1) is 0 Å². The molecule has 0 spiro atoms. The SMILES string of the molecule is CN.CN.CNC(=O)[C@H](CC(N)=O)NC(=O)c1ccc2ccccc2n1. The molecule has 142 valence electrons. The Labute approximate surface area is 152 Å². The summed E-state index contributed by atoms with van der Waals surface area (Å²) in [5.41, 5.74) is 14.9. The van der Waals surface area contributed by atoms with Crippen molar-refractivity contribution in [3.05, 3.63) is 42.1 Å². The van der Waals surface area contributed by atoms with Crippen LogP contribution in [0.3, 0.4) is 0 Å². The fourth-order valence-electron chi connectivity index (χ4n) is 2.01. The van der Waals surface area contributed by atoms with Crippen molar-refractivity contribution in [2.24, 2.45) is 17.2 Å². The van der Waals surface area contributed by atoms with E-state index in [4.69, 9.17) is 5.73 Å². The van der Waals surface area contributed by atoms with Crippen LogP contribution in [0, 0.1) is 0 Å². The van der Waals surface area contributed by atoms with Gasteiger partial charge in [0.1, 0.15) is 11.7 Å². The molecule has 1 aromatic carbocycles. The number of para-hydroxylation sites is 1. The molecule has 9 nitrogen and oxygen atoms in total. The van der Waals surface area contributed by atoms with Crippen LogP contribution in [-0.4, -0.2) is 49.9 Å². The zero-order chi connectivity index (χ0) is 20.1. The van der Waals surface area contributed by atoms with Gasteiger partial charge >= 0.3 is 0 Å².